The highest BCUT2D eigenvalue weighted by atomic mass is 35.5. The molecule has 1 atom stereocenters. The normalized spacial score (nSPS) is 31.2. The van der Waals surface area contributed by atoms with Gasteiger partial charge in [0.2, 0.25) is 0 Å². The molecular weight excluding hydrogens is 174 g/mol. The molecule has 1 aliphatic rings. The molecule has 2 N–H and O–H groups in total. The Morgan fingerprint density at radius 1 is 1.33 bits per heavy atom. The van der Waals surface area contributed by atoms with E-state index in [1.807, 2.05) is 0 Å². The molecule has 0 amide bonds. The lowest BCUT2D eigenvalue weighted by Crippen LogP contribution is -2.33. The molecule has 2 nitrogen and oxygen atoms in total. The number of hydrogen-bond donors (Lipinski definition) is 1. The Morgan fingerprint density at radius 2 is 1.83 bits per heavy atom. The summed E-state index contributed by atoms with van der Waals surface area (Å²) in [6.45, 7) is 9.24. The van der Waals surface area contributed by atoms with Crippen LogP contribution in [0.4, 0.5) is 0 Å². The Balaban J connectivity index is 0.00000121. The first-order valence-electron chi connectivity index (χ1n) is 4.28. The van der Waals surface area contributed by atoms with E-state index in [4.69, 9.17) is 10.5 Å². The third kappa shape index (κ3) is 2.35. The Labute approximate surface area is 81.3 Å². The van der Waals surface area contributed by atoms with Crippen molar-refractivity contribution in [2.45, 2.75) is 45.3 Å². The maximum absolute atomic E-state index is 5.86. The van der Waals surface area contributed by atoms with Gasteiger partial charge in [-0.05, 0) is 40.7 Å². The molecular formula is C9H20ClNO. The molecule has 1 saturated heterocycles. The fraction of sp³-hybridized carbons (Fsp3) is 1.00. The van der Waals surface area contributed by atoms with Gasteiger partial charge in [-0.3, -0.25) is 0 Å². The van der Waals surface area contributed by atoms with Crippen molar-refractivity contribution in [3.63, 3.8) is 0 Å². The lowest BCUT2D eigenvalue weighted by molar-refractivity contribution is -0.0736. The zero-order valence-electron chi connectivity index (χ0n) is 8.39. The van der Waals surface area contributed by atoms with Crippen molar-refractivity contribution in [3.8, 4) is 0 Å². The summed E-state index contributed by atoms with van der Waals surface area (Å²) in [4.78, 5) is 0. The van der Waals surface area contributed by atoms with E-state index in [2.05, 4.69) is 27.7 Å². The predicted molar refractivity (Wildman–Crippen MR) is 53.7 cm³/mol. The van der Waals surface area contributed by atoms with Crippen LogP contribution >= 0.6 is 12.4 Å². The maximum Gasteiger partial charge on any atom is 0.0674 e. The third-order valence-electron chi connectivity index (χ3n) is 2.55. The molecule has 74 valence electrons. The molecule has 1 aliphatic heterocycles. The van der Waals surface area contributed by atoms with Gasteiger partial charge in [0.05, 0.1) is 11.2 Å². The second kappa shape index (κ2) is 3.52. The van der Waals surface area contributed by atoms with Crippen LogP contribution in [0.5, 0.6) is 0 Å². The van der Waals surface area contributed by atoms with Gasteiger partial charge in [0.1, 0.15) is 0 Å². The summed E-state index contributed by atoms with van der Waals surface area (Å²) in [5.41, 5.74) is 5.64. The summed E-state index contributed by atoms with van der Waals surface area (Å²) >= 11 is 0. The van der Waals surface area contributed by atoms with Gasteiger partial charge in [-0.2, -0.15) is 0 Å². The summed E-state index contributed by atoms with van der Waals surface area (Å²) in [7, 11) is 0. The monoisotopic (exact) mass is 193 g/mol. The smallest absolute Gasteiger partial charge is 0.0674 e. The third-order valence-corrected chi connectivity index (χ3v) is 2.55. The van der Waals surface area contributed by atoms with Crippen LogP contribution < -0.4 is 5.73 Å². The van der Waals surface area contributed by atoms with Crippen molar-refractivity contribution in [1.82, 2.24) is 0 Å². The highest BCUT2D eigenvalue weighted by Gasteiger charge is 2.44. The molecule has 0 aliphatic carbocycles. The van der Waals surface area contributed by atoms with Gasteiger partial charge >= 0.3 is 0 Å². The van der Waals surface area contributed by atoms with Gasteiger partial charge in [-0.1, -0.05) is 0 Å². The molecule has 1 heterocycles. The van der Waals surface area contributed by atoms with Crippen LogP contribution in [0.15, 0.2) is 0 Å². The molecule has 0 saturated carbocycles. The average molecular weight is 194 g/mol. The Hall–Kier alpha value is 0.210. The lowest BCUT2D eigenvalue weighted by atomic mass is 9.88. The first-order chi connectivity index (χ1) is 4.87. The molecule has 1 rings (SSSR count). The molecule has 0 radical (unpaired) electrons. The maximum atomic E-state index is 5.86. The molecule has 1 fully saturated rings. The largest absolute Gasteiger partial charge is 0.369 e. The van der Waals surface area contributed by atoms with Crippen molar-refractivity contribution in [2.24, 2.45) is 11.7 Å². The summed E-state index contributed by atoms with van der Waals surface area (Å²) in [6, 6.07) is 0. The number of rotatable bonds is 1. The summed E-state index contributed by atoms with van der Waals surface area (Å²) in [5.74, 6) is 0.512. The number of halogens is 1. The van der Waals surface area contributed by atoms with Gasteiger partial charge in [0.25, 0.3) is 0 Å². The van der Waals surface area contributed by atoms with E-state index < -0.39 is 0 Å². The molecule has 1 unspecified atom stereocenters. The second-order valence-corrected chi connectivity index (χ2v) is 4.60. The van der Waals surface area contributed by atoms with Crippen LogP contribution in [0.25, 0.3) is 0 Å². The van der Waals surface area contributed by atoms with E-state index in [-0.39, 0.29) is 23.6 Å². The quantitative estimate of drug-likeness (QED) is 0.691. The SMILES string of the molecule is CC1(C)CC(CN)C(C)(C)O1.Cl. The second-order valence-electron chi connectivity index (χ2n) is 4.60. The zero-order valence-corrected chi connectivity index (χ0v) is 9.20. The van der Waals surface area contributed by atoms with Gasteiger partial charge < -0.3 is 10.5 Å². The Morgan fingerprint density at radius 3 is 2.00 bits per heavy atom. The molecule has 0 spiro atoms. The van der Waals surface area contributed by atoms with Crippen LogP contribution in [0, 0.1) is 5.92 Å². The van der Waals surface area contributed by atoms with Crippen LogP contribution in [-0.4, -0.2) is 17.7 Å². The van der Waals surface area contributed by atoms with E-state index in [0.717, 1.165) is 13.0 Å². The topological polar surface area (TPSA) is 35.2 Å². The Bertz CT molecular complexity index is 157. The fourth-order valence-electron chi connectivity index (χ4n) is 2.04. The van der Waals surface area contributed by atoms with Crippen molar-refractivity contribution in [2.75, 3.05) is 6.54 Å². The standard InChI is InChI=1S/C9H19NO.ClH/c1-8(2)5-7(6-10)9(3,4)11-8;/h7H,5-6,10H2,1-4H3;1H. The van der Waals surface area contributed by atoms with Gasteiger partial charge in [0.15, 0.2) is 0 Å². The molecule has 0 aromatic carbocycles. The minimum Gasteiger partial charge on any atom is -0.369 e. The van der Waals surface area contributed by atoms with E-state index >= 15 is 0 Å². The minimum atomic E-state index is -0.0295. The van der Waals surface area contributed by atoms with E-state index in [0.29, 0.717) is 5.92 Å². The van der Waals surface area contributed by atoms with Crippen molar-refractivity contribution in [1.29, 1.82) is 0 Å². The highest BCUT2D eigenvalue weighted by Crippen LogP contribution is 2.40. The van der Waals surface area contributed by atoms with Crippen LogP contribution in [0.1, 0.15) is 34.1 Å². The van der Waals surface area contributed by atoms with Crippen LogP contribution in [-0.2, 0) is 4.74 Å². The predicted octanol–water partition coefficient (Wildman–Crippen LogP) is 1.96. The minimum absolute atomic E-state index is 0. The van der Waals surface area contributed by atoms with Crippen LogP contribution in [0.3, 0.4) is 0 Å². The van der Waals surface area contributed by atoms with Crippen molar-refractivity contribution in [3.05, 3.63) is 0 Å². The van der Waals surface area contributed by atoms with Gasteiger partial charge in [0, 0.05) is 5.92 Å². The summed E-state index contributed by atoms with van der Waals surface area (Å²) in [5, 5.41) is 0. The van der Waals surface area contributed by atoms with E-state index in [1.165, 1.54) is 0 Å². The van der Waals surface area contributed by atoms with Crippen molar-refractivity contribution < 1.29 is 4.74 Å². The fourth-order valence-corrected chi connectivity index (χ4v) is 2.04. The Kier molecular flexibility index (Phi) is 3.59. The molecule has 0 aromatic rings. The van der Waals surface area contributed by atoms with Gasteiger partial charge in [-0.15, -0.1) is 12.4 Å². The van der Waals surface area contributed by atoms with E-state index in [1.54, 1.807) is 0 Å². The number of hydrogen-bond acceptors (Lipinski definition) is 2. The first kappa shape index (κ1) is 12.2. The van der Waals surface area contributed by atoms with Crippen molar-refractivity contribution >= 4 is 12.4 Å². The lowest BCUT2D eigenvalue weighted by Gasteiger charge is -2.26. The molecule has 12 heavy (non-hydrogen) atoms. The average Bonchev–Trinajstić information content (AvgIpc) is 1.99. The van der Waals surface area contributed by atoms with Crippen LogP contribution in [0.2, 0.25) is 0 Å². The molecule has 0 bridgehead atoms. The van der Waals surface area contributed by atoms with E-state index in [9.17, 15) is 0 Å². The highest BCUT2D eigenvalue weighted by molar-refractivity contribution is 5.85. The first-order valence-corrected chi connectivity index (χ1v) is 4.28. The summed E-state index contributed by atoms with van der Waals surface area (Å²) in [6.07, 6.45) is 1.08. The molecule has 3 heteroatoms. The number of ether oxygens (including phenoxy) is 1. The summed E-state index contributed by atoms with van der Waals surface area (Å²) < 4.78 is 5.86. The van der Waals surface area contributed by atoms with Gasteiger partial charge in [-0.25, -0.2) is 0 Å². The molecule has 0 aromatic heterocycles. The number of nitrogens with two attached hydrogens (primary N) is 1. The zero-order chi connectivity index (χ0) is 8.70.